The maximum absolute atomic E-state index is 13.4. The summed E-state index contributed by atoms with van der Waals surface area (Å²) < 4.78 is 41.6. The molecule has 0 fully saturated rings. The molecule has 3 rings (SSSR count). The number of rotatable bonds is 7. The predicted octanol–water partition coefficient (Wildman–Crippen LogP) is 4.98. The summed E-state index contributed by atoms with van der Waals surface area (Å²) in [5, 5.41) is 3.30. The number of aryl methyl sites for hydroxylation is 1. The molecule has 0 saturated heterocycles. The van der Waals surface area contributed by atoms with Crippen LogP contribution in [0.25, 0.3) is 0 Å². The zero-order valence-electron chi connectivity index (χ0n) is 14.4. The number of halogens is 2. The Morgan fingerprint density at radius 1 is 1.11 bits per heavy atom. The second kappa shape index (κ2) is 8.39. The number of benzene rings is 2. The molecule has 0 bridgehead atoms. The molecule has 0 amide bonds. The van der Waals surface area contributed by atoms with Crippen molar-refractivity contribution in [3.8, 4) is 0 Å². The van der Waals surface area contributed by atoms with E-state index in [2.05, 4.69) is 10.0 Å². The van der Waals surface area contributed by atoms with Crippen LogP contribution in [0.4, 0.5) is 10.1 Å². The monoisotopic (exact) mass is 424 g/mol. The van der Waals surface area contributed by atoms with Gasteiger partial charge in [-0.3, -0.25) is 0 Å². The van der Waals surface area contributed by atoms with Gasteiger partial charge < -0.3 is 5.32 Å². The molecular weight excluding hydrogens is 407 g/mol. The Bertz CT molecular complexity index is 1020. The largest absolute Gasteiger partial charge is 0.377 e. The van der Waals surface area contributed by atoms with Gasteiger partial charge in [0.15, 0.2) is 0 Å². The van der Waals surface area contributed by atoms with E-state index in [1.807, 2.05) is 30.3 Å². The van der Waals surface area contributed by atoms with Crippen molar-refractivity contribution in [2.75, 3.05) is 11.9 Å². The fourth-order valence-electron chi connectivity index (χ4n) is 2.62. The van der Waals surface area contributed by atoms with Crippen LogP contribution in [0, 0.1) is 12.7 Å². The van der Waals surface area contributed by atoms with E-state index in [1.165, 1.54) is 18.2 Å². The van der Waals surface area contributed by atoms with Gasteiger partial charge in [-0.25, -0.2) is 17.5 Å². The Hall–Kier alpha value is -1.93. The molecule has 0 aliphatic rings. The van der Waals surface area contributed by atoms with Crippen molar-refractivity contribution >= 4 is 38.6 Å². The van der Waals surface area contributed by atoms with Gasteiger partial charge in [0.1, 0.15) is 10.0 Å². The Morgan fingerprint density at radius 2 is 1.85 bits per heavy atom. The molecule has 142 valence electrons. The van der Waals surface area contributed by atoms with Crippen molar-refractivity contribution < 1.29 is 12.8 Å². The first-order valence-electron chi connectivity index (χ1n) is 8.18. The summed E-state index contributed by atoms with van der Waals surface area (Å²) in [6.07, 6.45) is 0. The fraction of sp³-hybridized carbons (Fsp3) is 0.158. The van der Waals surface area contributed by atoms with Crippen LogP contribution in [-0.2, 0) is 10.0 Å². The molecule has 2 aromatic carbocycles. The molecule has 0 unspecified atom stereocenters. The summed E-state index contributed by atoms with van der Waals surface area (Å²) in [4.78, 5) is 0. The lowest BCUT2D eigenvalue weighted by molar-refractivity contribution is 0.578. The molecule has 0 spiro atoms. The molecule has 4 nitrogen and oxygen atoms in total. The minimum atomic E-state index is -3.67. The molecular formula is C19H18ClFN2O2S2. The van der Waals surface area contributed by atoms with Crippen LogP contribution < -0.4 is 10.0 Å². The minimum Gasteiger partial charge on any atom is -0.377 e. The molecule has 27 heavy (non-hydrogen) atoms. The van der Waals surface area contributed by atoms with Gasteiger partial charge >= 0.3 is 0 Å². The van der Waals surface area contributed by atoms with Crippen LogP contribution in [0.1, 0.15) is 17.2 Å². The van der Waals surface area contributed by atoms with E-state index in [0.29, 0.717) is 4.34 Å². The summed E-state index contributed by atoms with van der Waals surface area (Å²) in [6, 6.07) is 16.6. The van der Waals surface area contributed by atoms with E-state index in [-0.39, 0.29) is 22.6 Å². The number of anilines is 1. The highest BCUT2D eigenvalue weighted by molar-refractivity contribution is 7.91. The van der Waals surface area contributed by atoms with E-state index in [0.717, 1.165) is 28.2 Å². The lowest BCUT2D eigenvalue weighted by Crippen LogP contribution is -2.31. The molecule has 0 saturated carbocycles. The third-order valence-electron chi connectivity index (χ3n) is 4.01. The highest BCUT2D eigenvalue weighted by Gasteiger charge is 2.20. The van der Waals surface area contributed by atoms with Crippen LogP contribution in [0.5, 0.6) is 0 Å². The first-order valence-corrected chi connectivity index (χ1v) is 10.9. The van der Waals surface area contributed by atoms with E-state index < -0.39 is 10.0 Å². The molecule has 1 heterocycles. The van der Waals surface area contributed by atoms with E-state index in [9.17, 15) is 12.8 Å². The van der Waals surface area contributed by atoms with Crippen molar-refractivity contribution in [1.29, 1.82) is 0 Å². The van der Waals surface area contributed by atoms with Crippen LogP contribution in [0.3, 0.4) is 0 Å². The Balaban J connectivity index is 1.82. The van der Waals surface area contributed by atoms with Crippen molar-refractivity contribution in [3.63, 3.8) is 0 Å². The fourth-order valence-corrected chi connectivity index (χ4v) is 5.20. The van der Waals surface area contributed by atoms with Gasteiger partial charge in [-0.15, -0.1) is 11.3 Å². The summed E-state index contributed by atoms with van der Waals surface area (Å²) in [5.41, 5.74) is 2.39. The first-order chi connectivity index (χ1) is 12.8. The molecule has 0 radical (unpaired) electrons. The third-order valence-corrected chi connectivity index (χ3v) is 7.16. The average Bonchev–Trinajstić information content (AvgIpc) is 3.08. The van der Waals surface area contributed by atoms with Crippen LogP contribution in [0.2, 0.25) is 4.34 Å². The average molecular weight is 425 g/mol. The number of sulfonamides is 1. The molecule has 1 aromatic heterocycles. The Morgan fingerprint density at radius 3 is 2.48 bits per heavy atom. The van der Waals surface area contributed by atoms with Gasteiger partial charge in [0, 0.05) is 12.2 Å². The van der Waals surface area contributed by atoms with Gasteiger partial charge in [0.2, 0.25) is 10.0 Å². The summed E-state index contributed by atoms with van der Waals surface area (Å²) in [5.74, 6) is -0.315. The first kappa shape index (κ1) is 19.8. The highest BCUT2D eigenvalue weighted by atomic mass is 35.5. The highest BCUT2D eigenvalue weighted by Crippen LogP contribution is 2.27. The summed E-state index contributed by atoms with van der Waals surface area (Å²) in [7, 11) is -3.67. The lowest BCUT2D eigenvalue weighted by Gasteiger charge is -2.22. The predicted molar refractivity (Wildman–Crippen MR) is 108 cm³/mol. The molecule has 2 N–H and O–H groups in total. The van der Waals surface area contributed by atoms with E-state index in [4.69, 9.17) is 11.6 Å². The van der Waals surface area contributed by atoms with Crippen LogP contribution in [-0.4, -0.2) is 15.0 Å². The van der Waals surface area contributed by atoms with Crippen molar-refractivity contribution in [2.45, 2.75) is 17.2 Å². The maximum Gasteiger partial charge on any atom is 0.250 e. The second-order valence-corrected chi connectivity index (χ2v) is 9.69. The summed E-state index contributed by atoms with van der Waals surface area (Å²) >= 11 is 6.85. The number of hydrogen-bond donors (Lipinski definition) is 2. The maximum atomic E-state index is 13.4. The molecule has 8 heteroatoms. The van der Waals surface area contributed by atoms with Gasteiger partial charge in [0.25, 0.3) is 0 Å². The lowest BCUT2D eigenvalue weighted by atomic mass is 10.1. The Labute approximate surface area is 167 Å². The van der Waals surface area contributed by atoms with Crippen molar-refractivity contribution in [1.82, 2.24) is 4.72 Å². The quantitative estimate of drug-likeness (QED) is 0.562. The second-order valence-electron chi connectivity index (χ2n) is 5.98. The van der Waals surface area contributed by atoms with E-state index >= 15 is 0 Å². The number of thiophene rings is 1. The SMILES string of the molecule is Cc1cc(F)ccc1N[C@@H](CNS(=O)(=O)c1ccc(Cl)s1)c1ccccc1. The molecule has 0 aliphatic heterocycles. The van der Waals surface area contributed by atoms with Crippen LogP contribution >= 0.6 is 22.9 Å². The molecule has 3 aromatic rings. The van der Waals surface area contributed by atoms with Crippen molar-refractivity contribution in [2.24, 2.45) is 0 Å². The van der Waals surface area contributed by atoms with Gasteiger partial charge in [-0.2, -0.15) is 0 Å². The smallest absolute Gasteiger partial charge is 0.250 e. The number of nitrogens with one attached hydrogen (secondary N) is 2. The molecule has 1 atom stereocenters. The standard InChI is InChI=1S/C19H18ClFN2O2S2/c1-13-11-15(21)7-8-16(13)23-17(14-5-3-2-4-6-14)12-22-27(24,25)19-10-9-18(20)26-19/h2-11,17,22-23H,12H2,1H3/t17-/m0/s1. The normalized spacial score (nSPS) is 12.7. The topological polar surface area (TPSA) is 58.2 Å². The van der Waals surface area contributed by atoms with Gasteiger partial charge in [-0.05, 0) is 48.4 Å². The Kier molecular flexibility index (Phi) is 6.16. The number of hydrogen-bond acceptors (Lipinski definition) is 4. The van der Waals surface area contributed by atoms with Gasteiger partial charge in [0.05, 0.1) is 10.4 Å². The zero-order chi connectivity index (χ0) is 19.4. The summed E-state index contributed by atoms with van der Waals surface area (Å²) in [6.45, 7) is 1.92. The zero-order valence-corrected chi connectivity index (χ0v) is 16.8. The van der Waals surface area contributed by atoms with Crippen LogP contribution in [0.15, 0.2) is 64.9 Å². The molecule has 0 aliphatic carbocycles. The third kappa shape index (κ3) is 5.07. The van der Waals surface area contributed by atoms with Crippen molar-refractivity contribution in [3.05, 3.63) is 81.9 Å². The van der Waals surface area contributed by atoms with Gasteiger partial charge in [-0.1, -0.05) is 41.9 Å². The minimum absolute atomic E-state index is 0.124. The van der Waals surface area contributed by atoms with E-state index in [1.54, 1.807) is 19.1 Å².